The van der Waals surface area contributed by atoms with Crippen LogP contribution in [0.1, 0.15) is 15.9 Å². The average Bonchev–Trinajstić information content (AvgIpc) is 2.39. The highest BCUT2D eigenvalue weighted by molar-refractivity contribution is 5.95. The lowest BCUT2D eigenvalue weighted by atomic mass is 9.99. The number of pyridine rings is 1. The van der Waals surface area contributed by atoms with Crippen LogP contribution in [0.3, 0.4) is 0 Å². The molecule has 1 aromatic carbocycles. The van der Waals surface area contributed by atoms with Crippen molar-refractivity contribution in [1.82, 2.24) is 4.98 Å². The number of aromatic amines is 1. The van der Waals surface area contributed by atoms with Crippen molar-refractivity contribution in [3.63, 3.8) is 0 Å². The molecule has 0 saturated heterocycles. The van der Waals surface area contributed by atoms with Gasteiger partial charge in [0.15, 0.2) is 0 Å². The van der Waals surface area contributed by atoms with Gasteiger partial charge in [0.25, 0.3) is 0 Å². The zero-order valence-electron chi connectivity index (χ0n) is 9.48. The number of H-pyrrole nitrogens is 1. The maximum atomic E-state index is 14.0. The molecule has 19 heavy (non-hydrogen) atoms. The van der Waals surface area contributed by atoms with Gasteiger partial charge in [-0.25, -0.2) is 9.18 Å². The van der Waals surface area contributed by atoms with Crippen LogP contribution < -0.4 is 5.56 Å². The van der Waals surface area contributed by atoms with Gasteiger partial charge in [0.2, 0.25) is 5.56 Å². The molecule has 0 radical (unpaired) electrons. The van der Waals surface area contributed by atoms with E-state index in [4.69, 9.17) is 10.4 Å². The Kier molecular flexibility index (Phi) is 3.12. The molecular formula is C13H7FN2O3. The summed E-state index contributed by atoms with van der Waals surface area (Å²) in [5.74, 6) is -2.16. The van der Waals surface area contributed by atoms with Gasteiger partial charge in [-0.15, -0.1) is 0 Å². The quantitative estimate of drug-likeness (QED) is 0.857. The molecule has 0 fully saturated rings. The van der Waals surface area contributed by atoms with Crippen molar-refractivity contribution in [3.05, 3.63) is 57.8 Å². The molecule has 1 aromatic heterocycles. The number of halogens is 1. The molecule has 2 aromatic rings. The van der Waals surface area contributed by atoms with Crippen LogP contribution in [0, 0.1) is 17.1 Å². The number of nitriles is 1. The van der Waals surface area contributed by atoms with Crippen LogP contribution in [0.15, 0.2) is 35.3 Å². The highest BCUT2D eigenvalue weighted by atomic mass is 19.1. The molecular weight excluding hydrogens is 251 g/mol. The first-order chi connectivity index (χ1) is 9.04. The number of nitrogens with zero attached hydrogens (tertiary/aromatic N) is 1. The summed E-state index contributed by atoms with van der Waals surface area (Å²) in [6.07, 6.45) is 1.12. The number of hydrogen-bond acceptors (Lipinski definition) is 3. The van der Waals surface area contributed by atoms with Gasteiger partial charge in [-0.1, -0.05) is 12.1 Å². The number of aromatic nitrogens is 1. The Balaban J connectivity index is 2.77. The van der Waals surface area contributed by atoms with Gasteiger partial charge in [-0.2, -0.15) is 5.26 Å². The van der Waals surface area contributed by atoms with Crippen LogP contribution in [0.5, 0.6) is 0 Å². The van der Waals surface area contributed by atoms with Crippen molar-refractivity contribution in [3.8, 4) is 17.2 Å². The van der Waals surface area contributed by atoms with Crippen molar-refractivity contribution in [1.29, 1.82) is 5.26 Å². The standard InChI is InChI=1S/C13H7FN2O3/c14-12-7(5-15)2-1-3-8(12)10-6-16-11(17)4-9(10)13(18)19/h1-4,6H,(H,16,17)(H,18,19). The Labute approximate surface area is 106 Å². The van der Waals surface area contributed by atoms with E-state index >= 15 is 0 Å². The zero-order chi connectivity index (χ0) is 14.0. The van der Waals surface area contributed by atoms with Crippen LogP contribution in [-0.4, -0.2) is 16.1 Å². The summed E-state index contributed by atoms with van der Waals surface area (Å²) >= 11 is 0. The molecule has 94 valence electrons. The second-order valence-corrected chi connectivity index (χ2v) is 3.71. The first-order valence-electron chi connectivity index (χ1n) is 5.19. The Morgan fingerprint density at radius 1 is 1.37 bits per heavy atom. The SMILES string of the molecule is N#Cc1cccc(-c2c[nH]c(=O)cc2C(=O)O)c1F. The summed E-state index contributed by atoms with van der Waals surface area (Å²) in [5, 5.41) is 17.8. The summed E-state index contributed by atoms with van der Waals surface area (Å²) in [4.78, 5) is 24.5. The minimum absolute atomic E-state index is 0.0155. The van der Waals surface area contributed by atoms with E-state index in [2.05, 4.69) is 4.98 Å². The summed E-state index contributed by atoms with van der Waals surface area (Å²) < 4.78 is 14.0. The second kappa shape index (κ2) is 4.74. The van der Waals surface area contributed by atoms with E-state index in [0.29, 0.717) is 0 Å². The first kappa shape index (κ1) is 12.5. The van der Waals surface area contributed by atoms with E-state index in [1.807, 2.05) is 0 Å². The fourth-order valence-corrected chi connectivity index (χ4v) is 1.70. The van der Waals surface area contributed by atoms with Gasteiger partial charge >= 0.3 is 5.97 Å². The number of hydrogen-bond donors (Lipinski definition) is 2. The molecule has 2 rings (SSSR count). The van der Waals surface area contributed by atoms with E-state index in [1.54, 1.807) is 6.07 Å². The molecule has 0 saturated carbocycles. The predicted octanol–water partition coefficient (Wildman–Crippen LogP) is 1.75. The third-order valence-corrected chi connectivity index (χ3v) is 2.56. The Morgan fingerprint density at radius 2 is 2.11 bits per heavy atom. The van der Waals surface area contributed by atoms with Crippen LogP contribution in [0.2, 0.25) is 0 Å². The third kappa shape index (κ3) is 2.21. The first-order valence-corrected chi connectivity index (χ1v) is 5.19. The largest absolute Gasteiger partial charge is 0.478 e. The molecule has 0 unspecified atom stereocenters. The third-order valence-electron chi connectivity index (χ3n) is 2.56. The van der Waals surface area contributed by atoms with Crippen LogP contribution in [0.4, 0.5) is 4.39 Å². The van der Waals surface area contributed by atoms with Crippen molar-refractivity contribution in [2.45, 2.75) is 0 Å². The normalized spacial score (nSPS) is 9.89. The Hall–Kier alpha value is -2.94. The van der Waals surface area contributed by atoms with Gasteiger partial charge in [0.05, 0.1) is 11.1 Å². The lowest BCUT2D eigenvalue weighted by Gasteiger charge is -2.07. The van der Waals surface area contributed by atoms with Crippen LogP contribution >= 0.6 is 0 Å². The summed E-state index contributed by atoms with van der Waals surface area (Å²) in [7, 11) is 0. The van der Waals surface area contributed by atoms with Crippen molar-refractivity contribution in [2.75, 3.05) is 0 Å². The molecule has 0 aliphatic rings. The van der Waals surface area contributed by atoms with Gasteiger partial charge in [-0.3, -0.25) is 4.79 Å². The van der Waals surface area contributed by atoms with E-state index < -0.39 is 17.3 Å². The molecule has 5 nitrogen and oxygen atoms in total. The van der Waals surface area contributed by atoms with Crippen molar-refractivity contribution in [2.24, 2.45) is 0 Å². The minimum atomic E-state index is -1.34. The maximum Gasteiger partial charge on any atom is 0.336 e. The molecule has 0 aliphatic heterocycles. The zero-order valence-corrected chi connectivity index (χ0v) is 9.48. The van der Waals surface area contributed by atoms with E-state index in [1.165, 1.54) is 18.2 Å². The summed E-state index contributed by atoms with van der Waals surface area (Å²) in [6, 6.07) is 6.61. The predicted molar refractivity (Wildman–Crippen MR) is 64.1 cm³/mol. The van der Waals surface area contributed by atoms with E-state index in [9.17, 15) is 14.0 Å². The highest BCUT2D eigenvalue weighted by Gasteiger charge is 2.17. The molecule has 2 N–H and O–H groups in total. The number of aromatic carboxylic acids is 1. The smallest absolute Gasteiger partial charge is 0.336 e. The van der Waals surface area contributed by atoms with Gasteiger partial charge in [0.1, 0.15) is 11.9 Å². The fourth-order valence-electron chi connectivity index (χ4n) is 1.70. The molecule has 6 heteroatoms. The molecule has 0 aliphatic carbocycles. The lowest BCUT2D eigenvalue weighted by molar-refractivity contribution is 0.0697. The Morgan fingerprint density at radius 3 is 2.74 bits per heavy atom. The minimum Gasteiger partial charge on any atom is -0.478 e. The van der Waals surface area contributed by atoms with Gasteiger partial charge in [0, 0.05) is 23.4 Å². The van der Waals surface area contributed by atoms with Crippen LogP contribution in [0.25, 0.3) is 11.1 Å². The number of benzene rings is 1. The molecule has 0 spiro atoms. The van der Waals surface area contributed by atoms with Gasteiger partial charge in [-0.05, 0) is 6.07 Å². The molecule has 0 atom stereocenters. The number of rotatable bonds is 2. The highest BCUT2D eigenvalue weighted by Crippen LogP contribution is 2.26. The number of carboxylic acid groups (broad SMARTS) is 1. The van der Waals surface area contributed by atoms with Crippen molar-refractivity contribution < 1.29 is 14.3 Å². The van der Waals surface area contributed by atoms with Crippen LogP contribution in [-0.2, 0) is 0 Å². The summed E-state index contributed by atoms with van der Waals surface area (Å²) in [5.41, 5.74) is -1.15. The van der Waals surface area contributed by atoms with E-state index in [-0.39, 0.29) is 22.3 Å². The maximum absolute atomic E-state index is 14.0. The number of carbonyl (C=O) groups is 1. The second-order valence-electron chi connectivity index (χ2n) is 3.71. The number of carboxylic acids is 1. The molecule has 0 amide bonds. The molecule has 1 heterocycles. The van der Waals surface area contributed by atoms with Gasteiger partial charge < -0.3 is 10.1 Å². The fraction of sp³-hybridized carbons (Fsp3) is 0. The number of nitrogens with one attached hydrogen (secondary N) is 1. The average molecular weight is 258 g/mol. The molecule has 0 bridgehead atoms. The lowest BCUT2D eigenvalue weighted by Crippen LogP contribution is -2.11. The Bertz CT molecular complexity index is 759. The van der Waals surface area contributed by atoms with E-state index in [0.717, 1.165) is 12.3 Å². The van der Waals surface area contributed by atoms with Crippen molar-refractivity contribution >= 4 is 5.97 Å². The monoisotopic (exact) mass is 258 g/mol. The summed E-state index contributed by atoms with van der Waals surface area (Å²) in [6.45, 7) is 0. The topological polar surface area (TPSA) is 94.0 Å².